The number of hydrogen-bond acceptors (Lipinski definition) is 3. The van der Waals surface area contributed by atoms with Crippen LogP contribution in [-0.4, -0.2) is 26.8 Å². The van der Waals surface area contributed by atoms with Crippen LogP contribution in [0.2, 0.25) is 5.02 Å². The second-order valence-corrected chi connectivity index (χ2v) is 4.38. The highest BCUT2D eigenvalue weighted by Crippen LogP contribution is 2.27. The van der Waals surface area contributed by atoms with Gasteiger partial charge in [-0.05, 0) is 31.5 Å². The standard InChI is InChI=1S/C12H19ClN2O/c1-9(6-7-16-3)15(2)12-8-10(13)4-5-11(12)14/h4-5,8-9H,6-7,14H2,1-3H3. The summed E-state index contributed by atoms with van der Waals surface area (Å²) < 4.78 is 5.07. The molecule has 1 aromatic carbocycles. The van der Waals surface area contributed by atoms with Crippen LogP contribution in [-0.2, 0) is 4.74 Å². The maximum atomic E-state index is 5.96. The van der Waals surface area contributed by atoms with Crippen LogP contribution in [0.25, 0.3) is 0 Å². The van der Waals surface area contributed by atoms with Crippen molar-refractivity contribution in [1.29, 1.82) is 0 Å². The zero-order valence-electron chi connectivity index (χ0n) is 10.0. The van der Waals surface area contributed by atoms with E-state index in [-0.39, 0.29) is 0 Å². The van der Waals surface area contributed by atoms with Gasteiger partial charge < -0.3 is 15.4 Å². The third-order valence-electron chi connectivity index (χ3n) is 2.77. The first-order valence-corrected chi connectivity index (χ1v) is 5.71. The number of nitrogen functional groups attached to an aromatic ring is 1. The lowest BCUT2D eigenvalue weighted by Gasteiger charge is -2.28. The molecule has 0 aliphatic rings. The predicted octanol–water partition coefficient (Wildman–Crippen LogP) is 2.78. The van der Waals surface area contributed by atoms with Gasteiger partial charge in [0.15, 0.2) is 0 Å². The Morgan fingerprint density at radius 2 is 2.19 bits per heavy atom. The molecule has 0 spiro atoms. The van der Waals surface area contributed by atoms with Gasteiger partial charge in [-0.25, -0.2) is 0 Å². The Bertz CT molecular complexity index is 344. The molecule has 0 heterocycles. The minimum Gasteiger partial charge on any atom is -0.397 e. The van der Waals surface area contributed by atoms with Crippen molar-refractivity contribution in [3.63, 3.8) is 0 Å². The Morgan fingerprint density at radius 1 is 1.50 bits per heavy atom. The lowest BCUT2D eigenvalue weighted by Crippen LogP contribution is -2.30. The van der Waals surface area contributed by atoms with Crippen molar-refractivity contribution in [2.24, 2.45) is 0 Å². The number of rotatable bonds is 5. The van der Waals surface area contributed by atoms with Gasteiger partial charge >= 0.3 is 0 Å². The lowest BCUT2D eigenvalue weighted by molar-refractivity contribution is 0.189. The number of benzene rings is 1. The average molecular weight is 243 g/mol. The highest BCUT2D eigenvalue weighted by atomic mass is 35.5. The van der Waals surface area contributed by atoms with Crippen LogP contribution < -0.4 is 10.6 Å². The van der Waals surface area contributed by atoms with Crippen LogP contribution in [0.4, 0.5) is 11.4 Å². The molecule has 3 nitrogen and oxygen atoms in total. The first kappa shape index (κ1) is 13.1. The average Bonchev–Trinajstić information content (AvgIpc) is 2.28. The molecule has 0 fully saturated rings. The van der Waals surface area contributed by atoms with Crippen molar-refractivity contribution in [3.8, 4) is 0 Å². The molecule has 0 aliphatic heterocycles. The summed E-state index contributed by atoms with van der Waals surface area (Å²) in [7, 11) is 3.73. The summed E-state index contributed by atoms with van der Waals surface area (Å²) in [6.07, 6.45) is 0.957. The zero-order chi connectivity index (χ0) is 12.1. The van der Waals surface area contributed by atoms with E-state index in [1.807, 2.05) is 19.2 Å². The summed E-state index contributed by atoms with van der Waals surface area (Å²) in [5, 5.41) is 0.704. The van der Waals surface area contributed by atoms with Crippen molar-refractivity contribution >= 4 is 23.0 Å². The summed E-state index contributed by atoms with van der Waals surface area (Å²) >= 11 is 5.96. The van der Waals surface area contributed by atoms with Crippen molar-refractivity contribution < 1.29 is 4.74 Å². The smallest absolute Gasteiger partial charge is 0.0614 e. The van der Waals surface area contributed by atoms with E-state index in [9.17, 15) is 0 Å². The number of nitrogens with zero attached hydrogens (tertiary/aromatic N) is 1. The topological polar surface area (TPSA) is 38.5 Å². The van der Waals surface area contributed by atoms with Crippen LogP contribution in [0, 0.1) is 0 Å². The maximum absolute atomic E-state index is 5.96. The summed E-state index contributed by atoms with van der Waals surface area (Å²) in [6.45, 7) is 2.88. The second-order valence-electron chi connectivity index (χ2n) is 3.94. The molecule has 0 saturated heterocycles. The van der Waals surface area contributed by atoms with Gasteiger partial charge in [0.05, 0.1) is 11.4 Å². The van der Waals surface area contributed by atoms with Crippen molar-refractivity contribution in [2.75, 3.05) is 31.4 Å². The number of methoxy groups -OCH3 is 1. The highest BCUT2D eigenvalue weighted by molar-refractivity contribution is 6.31. The number of anilines is 2. The van der Waals surface area contributed by atoms with E-state index in [2.05, 4.69) is 11.8 Å². The first-order valence-electron chi connectivity index (χ1n) is 5.33. The Morgan fingerprint density at radius 3 is 2.81 bits per heavy atom. The molecule has 0 bridgehead atoms. The van der Waals surface area contributed by atoms with Crippen LogP contribution in [0.15, 0.2) is 18.2 Å². The Hall–Kier alpha value is -0.930. The molecule has 0 radical (unpaired) electrons. The van der Waals surface area contributed by atoms with Crippen LogP contribution in [0.3, 0.4) is 0 Å². The Labute approximate surface area is 102 Å². The molecule has 1 rings (SSSR count). The summed E-state index contributed by atoms with van der Waals surface area (Å²) in [5.41, 5.74) is 7.64. The van der Waals surface area contributed by atoms with E-state index in [1.54, 1.807) is 13.2 Å². The van der Waals surface area contributed by atoms with Gasteiger partial charge in [0.2, 0.25) is 0 Å². The molecule has 1 unspecified atom stereocenters. The molecule has 1 atom stereocenters. The molecule has 4 heteroatoms. The largest absolute Gasteiger partial charge is 0.397 e. The molecule has 1 aromatic rings. The Balaban J connectivity index is 2.78. The predicted molar refractivity (Wildman–Crippen MR) is 70.2 cm³/mol. The minimum absolute atomic E-state index is 0.362. The monoisotopic (exact) mass is 242 g/mol. The highest BCUT2D eigenvalue weighted by Gasteiger charge is 2.12. The zero-order valence-corrected chi connectivity index (χ0v) is 10.8. The van der Waals surface area contributed by atoms with Gasteiger partial charge in [0.25, 0.3) is 0 Å². The number of hydrogen-bond donors (Lipinski definition) is 1. The van der Waals surface area contributed by atoms with Gasteiger partial charge in [-0.1, -0.05) is 11.6 Å². The molecule has 0 aromatic heterocycles. The SMILES string of the molecule is COCCC(C)N(C)c1cc(Cl)ccc1N. The van der Waals surface area contributed by atoms with Crippen LogP contribution in [0.5, 0.6) is 0 Å². The molecular weight excluding hydrogens is 224 g/mol. The third kappa shape index (κ3) is 3.29. The third-order valence-corrected chi connectivity index (χ3v) is 3.01. The van der Waals surface area contributed by atoms with Crippen LogP contribution in [0.1, 0.15) is 13.3 Å². The fourth-order valence-corrected chi connectivity index (χ4v) is 1.71. The van der Waals surface area contributed by atoms with Crippen molar-refractivity contribution in [3.05, 3.63) is 23.2 Å². The molecule has 0 aliphatic carbocycles. The summed E-state index contributed by atoms with van der Waals surface area (Å²) in [5.74, 6) is 0. The van der Waals surface area contributed by atoms with Gasteiger partial charge in [-0.2, -0.15) is 0 Å². The maximum Gasteiger partial charge on any atom is 0.0614 e. The molecule has 90 valence electrons. The first-order chi connectivity index (χ1) is 7.56. The quantitative estimate of drug-likeness (QED) is 0.807. The number of nitrogens with two attached hydrogens (primary N) is 1. The van der Waals surface area contributed by atoms with E-state index in [1.165, 1.54) is 0 Å². The lowest BCUT2D eigenvalue weighted by atomic mass is 10.1. The summed E-state index contributed by atoms with van der Waals surface area (Å²) in [4.78, 5) is 2.13. The molecule has 2 N–H and O–H groups in total. The number of halogens is 1. The van der Waals surface area contributed by atoms with Gasteiger partial charge in [-0.15, -0.1) is 0 Å². The molecule has 16 heavy (non-hydrogen) atoms. The van der Waals surface area contributed by atoms with E-state index in [0.29, 0.717) is 11.1 Å². The van der Waals surface area contributed by atoms with Gasteiger partial charge in [0.1, 0.15) is 0 Å². The van der Waals surface area contributed by atoms with E-state index >= 15 is 0 Å². The van der Waals surface area contributed by atoms with E-state index in [4.69, 9.17) is 22.1 Å². The summed E-state index contributed by atoms with van der Waals surface area (Å²) in [6, 6.07) is 5.88. The minimum atomic E-state index is 0.362. The molecule has 0 amide bonds. The van der Waals surface area contributed by atoms with E-state index in [0.717, 1.165) is 24.4 Å². The fourth-order valence-electron chi connectivity index (χ4n) is 1.54. The van der Waals surface area contributed by atoms with Crippen LogP contribution >= 0.6 is 11.6 Å². The van der Waals surface area contributed by atoms with Crippen molar-refractivity contribution in [1.82, 2.24) is 0 Å². The second kappa shape index (κ2) is 5.97. The van der Waals surface area contributed by atoms with Gasteiger partial charge in [-0.3, -0.25) is 0 Å². The number of ether oxygens (including phenoxy) is 1. The van der Waals surface area contributed by atoms with E-state index < -0.39 is 0 Å². The Kier molecular flexibility index (Phi) is 4.90. The van der Waals surface area contributed by atoms with Gasteiger partial charge in [0, 0.05) is 31.8 Å². The van der Waals surface area contributed by atoms with Crippen molar-refractivity contribution in [2.45, 2.75) is 19.4 Å². The fraction of sp³-hybridized carbons (Fsp3) is 0.500. The normalized spacial score (nSPS) is 12.5. The molecule has 0 saturated carbocycles. The molecular formula is C12H19ClN2O.